The Hall–Kier alpha value is -1.94. The Morgan fingerprint density at radius 2 is 0.438 bits per heavy atom. The molecule has 0 aliphatic rings. The Labute approximate surface area is 645 Å². The molecule has 0 aromatic heterocycles. The van der Waals surface area contributed by atoms with Crippen LogP contribution in [0.1, 0.15) is 459 Å². The van der Waals surface area contributed by atoms with Gasteiger partial charge in [-0.25, -0.2) is 9.13 Å². The monoisotopic (exact) mass is 1540 g/mol. The highest BCUT2D eigenvalue weighted by Gasteiger charge is 2.30. The van der Waals surface area contributed by atoms with Crippen LogP contribution in [0.2, 0.25) is 0 Å². The lowest BCUT2D eigenvalue weighted by atomic mass is 10.0. The molecule has 0 saturated heterocycles. The van der Waals surface area contributed by atoms with Crippen LogP contribution in [0.4, 0.5) is 0 Å². The lowest BCUT2D eigenvalue weighted by molar-refractivity contribution is -0.161. The highest BCUT2D eigenvalue weighted by Crippen LogP contribution is 2.45. The van der Waals surface area contributed by atoms with Crippen LogP contribution in [-0.2, 0) is 65.4 Å². The number of carbonyl (C=O) groups is 4. The molecule has 0 spiro atoms. The van der Waals surface area contributed by atoms with E-state index in [2.05, 4.69) is 41.5 Å². The van der Waals surface area contributed by atoms with Crippen molar-refractivity contribution in [3.05, 3.63) is 0 Å². The average molecular weight is 1540 g/mol. The van der Waals surface area contributed by atoms with Gasteiger partial charge in [0.1, 0.15) is 19.3 Å². The average Bonchev–Trinajstić information content (AvgIpc) is 0.919. The molecule has 0 aromatic carbocycles. The summed E-state index contributed by atoms with van der Waals surface area (Å²) >= 11 is 0. The molecule has 0 aromatic rings. The van der Waals surface area contributed by atoms with Crippen LogP contribution >= 0.6 is 15.6 Å². The lowest BCUT2D eigenvalue weighted by Crippen LogP contribution is -2.30. The van der Waals surface area contributed by atoms with Gasteiger partial charge in [0.05, 0.1) is 26.4 Å². The Bertz CT molecular complexity index is 2010. The summed E-state index contributed by atoms with van der Waals surface area (Å²) in [5, 5.41) is 10.7. The molecule has 624 valence electrons. The zero-order chi connectivity index (χ0) is 77.1. The number of phosphoric acid groups is 2. The van der Waals surface area contributed by atoms with Crippen LogP contribution in [-0.4, -0.2) is 96.7 Å². The minimum absolute atomic E-state index is 0.109. The minimum atomic E-state index is -4.97. The van der Waals surface area contributed by atoms with Gasteiger partial charge in [0.25, 0.3) is 0 Å². The molecule has 0 aliphatic carbocycles. The van der Waals surface area contributed by atoms with Gasteiger partial charge in [-0.3, -0.25) is 37.3 Å². The van der Waals surface area contributed by atoms with Crippen LogP contribution < -0.4 is 0 Å². The first kappa shape index (κ1) is 103. The molecule has 3 N–H and O–H groups in total. The minimum Gasteiger partial charge on any atom is -0.462 e. The Morgan fingerprint density at radius 3 is 0.648 bits per heavy atom. The van der Waals surface area contributed by atoms with Crippen LogP contribution in [0.5, 0.6) is 0 Å². The van der Waals surface area contributed by atoms with Gasteiger partial charge < -0.3 is 33.8 Å². The molecule has 17 nitrogen and oxygen atoms in total. The van der Waals surface area contributed by atoms with Crippen molar-refractivity contribution in [1.82, 2.24) is 0 Å². The number of ether oxygens (including phenoxy) is 4. The summed E-state index contributed by atoms with van der Waals surface area (Å²) < 4.78 is 68.9. The zero-order valence-corrected chi connectivity index (χ0v) is 70.8. The van der Waals surface area contributed by atoms with Crippen molar-refractivity contribution in [1.29, 1.82) is 0 Å². The second-order valence-electron chi connectivity index (χ2n) is 31.9. The summed E-state index contributed by atoms with van der Waals surface area (Å²) in [6, 6.07) is 0. The van der Waals surface area contributed by atoms with E-state index in [0.717, 1.165) is 102 Å². The molecular weight excluding hydrogens is 1370 g/mol. The maximum atomic E-state index is 13.1. The van der Waals surface area contributed by atoms with Crippen molar-refractivity contribution in [2.75, 3.05) is 39.6 Å². The summed E-state index contributed by atoms with van der Waals surface area (Å²) in [7, 11) is -9.93. The predicted octanol–water partition coefficient (Wildman–Crippen LogP) is 26.2. The van der Waals surface area contributed by atoms with Gasteiger partial charge in [-0.2, -0.15) is 0 Å². The van der Waals surface area contributed by atoms with Gasteiger partial charge in [0.15, 0.2) is 12.2 Å². The van der Waals surface area contributed by atoms with Gasteiger partial charge in [-0.05, 0) is 37.5 Å². The zero-order valence-electron chi connectivity index (χ0n) is 69.0. The number of carbonyl (C=O) groups excluding carboxylic acids is 4. The van der Waals surface area contributed by atoms with Crippen LogP contribution in [0, 0.1) is 11.8 Å². The van der Waals surface area contributed by atoms with E-state index in [-0.39, 0.29) is 25.7 Å². The summed E-state index contributed by atoms with van der Waals surface area (Å²) in [5.41, 5.74) is 0. The number of phosphoric ester groups is 2. The SMILES string of the molecule is CCCCCCCCCCCCCCCCCCCC(=O)O[C@H](COC(=O)CCCCCCCCCCCCCC)COP(=O)(O)OC[C@H](O)COP(=O)(O)OC[C@@H](COC(=O)CCCCCCCCCCCCCCCCC(C)C)OC(=O)CCCCCCCCCCCCCCCCCCC(C)C. The molecular formula is C86H168O17P2. The first-order valence-electron chi connectivity index (χ1n) is 44.5. The van der Waals surface area contributed by atoms with E-state index in [0.29, 0.717) is 25.7 Å². The van der Waals surface area contributed by atoms with E-state index in [9.17, 15) is 43.2 Å². The standard InChI is InChI=1S/C86H168O17P2/c1-7-9-11-13-15-17-19-21-22-23-27-34-40-46-52-58-64-70-85(90)102-81(74-96-83(88)68-62-56-50-44-38-20-18-16-14-12-10-8-2)76-100-104(92,93)98-72-80(87)73-99-105(94,95)101-77-82(75-97-84(89)69-63-57-51-45-39-33-30-29-32-37-43-49-55-61-67-79(5)6)103-86(91)71-65-59-53-47-41-35-28-25-24-26-31-36-42-48-54-60-66-78(3)4/h78-82,87H,7-77H2,1-6H3,(H,92,93)(H,94,95)/t80-,81+,82+/m0/s1. The van der Waals surface area contributed by atoms with E-state index in [1.807, 2.05) is 0 Å². The molecule has 0 amide bonds. The van der Waals surface area contributed by atoms with E-state index in [1.54, 1.807) is 0 Å². The number of esters is 4. The third-order valence-electron chi connectivity index (χ3n) is 20.2. The fraction of sp³-hybridized carbons (Fsp3) is 0.953. The van der Waals surface area contributed by atoms with Gasteiger partial charge in [-0.1, -0.05) is 408 Å². The van der Waals surface area contributed by atoms with Gasteiger partial charge in [0.2, 0.25) is 0 Å². The first-order valence-corrected chi connectivity index (χ1v) is 47.5. The topological polar surface area (TPSA) is 237 Å². The maximum Gasteiger partial charge on any atom is 0.472 e. The van der Waals surface area contributed by atoms with Crippen molar-refractivity contribution in [3.8, 4) is 0 Å². The second kappa shape index (κ2) is 77.4. The second-order valence-corrected chi connectivity index (χ2v) is 34.8. The molecule has 0 saturated carbocycles. The van der Waals surface area contributed by atoms with Gasteiger partial charge >= 0.3 is 39.5 Å². The molecule has 0 fully saturated rings. The third-order valence-corrected chi connectivity index (χ3v) is 22.1. The fourth-order valence-corrected chi connectivity index (χ4v) is 15.0. The van der Waals surface area contributed by atoms with Crippen LogP contribution in [0.25, 0.3) is 0 Å². The Morgan fingerprint density at radius 1 is 0.257 bits per heavy atom. The van der Waals surface area contributed by atoms with Gasteiger partial charge in [-0.15, -0.1) is 0 Å². The van der Waals surface area contributed by atoms with E-state index < -0.39 is 97.5 Å². The van der Waals surface area contributed by atoms with E-state index in [1.165, 1.54) is 276 Å². The van der Waals surface area contributed by atoms with Gasteiger partial charge in [0, 0.05) is 25.7 Å². The molecule has 0 bridgehead atoms. The molecule has 5 atom stereocenters. The van der Waals surface area contributed by atoms with Crippen LogP contribution in [0.15, 0.2) is 0 Å². The summed E-state index contributed by atoms with van der Waals surface area (Å²) in [6.07, 6.45) is 69.3. The summed E-state index contributed by atoms with van der Waals surface area (Å²) in [5.74, 6) is -0.491. The molecule has 0 radical (unpaired) electrons. The van der Waals surface area contributed by atoms with Crippen molar-refractivity contribution in [2.24, 2.45) is 11.8 Å². The molecule has 0 rings (SSSR count). The first-order chi connectivity index (χ1) is 50.9. The maximum absolute atomic E-state index is 13.1. The largest absolute Gasteiger partial charge is 0.472 e. The summed E-state index contributed by atoms with van der Waals surface area (Å²) in [6.45, 7) is 9.73. The quantitative estimate of drug-likeness (QED) is 0.0222. The molecule has 0 aliphatic heterocycles. The normalized spacial score (nSPS) is 13.8. The van der Waals surface area contributed by atoms with Crippen molar-refractivity contribution >= 4 is 39.5 Å². The fourth-order valence-electron chi connectivity index (χ4n) is 13.4. The molecule has 2 unspecified atom stereocenters. The number of aliphatic hydroxyl groups is 1. The van der Waals surface area contributed by atoms with Crippen molar-refractivity contribution in [2.45, 2.75) is 477 Å². The Balaban J connectivity index is 5.26. The Kier molecular flexibility index (Phi) is 76.0. The number of rotatable bonds is 85. The molecule has 19 heteroatoms. The van der Waals surface area contributed by atoms with Crippen LogP contribution in [0.3, 0.4) is 0 Å². The number of hydrogen-bond donors (Lipinski definition) is 3. The van der Waals surface area contributed by atoms with Crippen molar-refractivity contribution in [3.63, 3.8) is 0 Å². The van der Waals surface area contributed by atoms with E-state index in [4.69, 9.17) is 37.0 Å². The smallest absolute Gasteiger partial charge is 0.462 e. The van der Waals surface area contributed by atoms with Crippen molar-refractivity contribution < 1.29 is 80.2 Å². The highest BCUT2D eigenvalue weighted by atomic mass is 31.2. The highest BCUT2D eigenvalue weighted by molar-refractivity contribution is 7.47. The third kappa shape index (κ3) is 79.9. The predicted molar refractivity (Wildman–Crippen MR) is 432 cm³/mol. The van der Waals surface area contributed by atoms with E-state index >= 15 is 0 Å². The number of aliphatic hydroxyl groups excluding tert-OH is 1. The number of unbranched alkanes of at least 4 members (excludes halogenated alkanes) is 55. The number of hydrogen-bond acceptors (Lipinski definition) is 15. The summed E-state index contributed by atoms with van der Waals surface area (Å²) in [4.78, 5) is 73.3. The molecule has 105 heavy (non-hydrogen) atoms. The lowest BCUT2D eigenvalue weighted by Gasteiger charge is -2.21. The molecule has 0 heterocycles.